The quantitative estimate of drug-likeness (QED) is 0.778. The summed E-state index contributed by atoms with van der Waals surface area (Å²) in [5.41, 5.74) is 5.27. The van der Waals surface area contributed by atoms with Crippen LogP contribution in [0.1, 0.15) is 50.7 Å². The molecule has 0 aromatic carbocycles. The summed E-state index contributed by atoms with van der Waals surface area (Å²) >= 11 is 0. The fourth-order valence-corrected chi connectivity index (χ4v) is 1.18. The smallest absolute Gasteiger partial charge is 0.344 e. The second-order valence-electron chi connectivity index (χ2n) is 5.30. The van der Waals surface area contributed by atoms with Crippen LogP contribution in [-0.2, 0) is 10.3 Å². The normalized spacial score (nSPS) is 12.6. The van der Waals surface area contributed by atoms with Crippen LogP contribution in [0.15, 0.2) is 10.8 Å². The van der Waals surface area contributed by atoms with Crippen molar-refractivity contribution in [2.24, 2.45) is 5.73 Å². The van der Waals surface area contributed by atoms with Gasteiger partial charge in [-0.3, -0.25) is 0 Å². The van der Waals surface area contributed by atoms with Crippen LogP contribution in [0.25, 0.3) is 0 Å². The molecule has 0 aliphatic heterocycles. The Balaban J connectivity index is 2.98. The fourth-order valence-electron chi connectivity index (χ4n) is 1.18. The van der Waals surface area contributed by atoms with E-state index in [2.05, 4.69) is 5.16 Å². The maximum absolute atomic E-state index is 11.8. The van der Waals surface area contributed by atoms with Crippen molar-refractivity contribution in [2.45, 2.75) is 45.8 Å². The first kappa shape index (κ1) is 12.7. The SMILES string of the molecule is CC(C)(C)OC(=O)c1conc1C(C)(C)N. The maximum atomic E-state index is 11.8. The van der Waals surface area contributed by atoms with E-state index < -0.39 is 17.1 Å². The number of nitrogens with zero attached hydrogens (tertiary/aromatic N) is 1. The minimum absolute atomic E-state index is 0.280. The molecule has 0 bridgehead atoms. The third kappa shape index (κ3) is 3.06. The van der Waals surface area contributed by atoms with Crippen molar-refractivity contribution < 1.29 is 14.1 Å². The molecule has 1 rings (SSSR count). The molecule has 1 aromatic rings. The van der Waals surface area contributed by atoms with Crippen LogP contribution in [0.2, 0.25) is 0 Å². The number of hydrogen-bond donors (Lipinski definition) is 1. The van der Waals surface area contributed by atoms with E-state index in [1.807, 2.05) is 0 Å². The molecule has 0 atom stereocenters. The van der Waals surface area contributed by atoms with Gasteiger partial charge in [-0.05, 0) is 34.6 Å². The third-order valence-corrected chi connectivity index (χ3v) is 1.80. The Morgan fingerprint density at radius 2 is 1.94 bits per heavy atom. The number of aromatic nitrogens is 1. The Bertz CT molecular complexity index is 383. The predicted octanol–water partition coefficient (Wildman–Crippen LogP) is 1.82. The number of ether oxygens (including phenoxy) is 1. The lowest BCUT2D eigenvalue weighted by atomic mass is 9.98. The zero-order chi connectivity index (χ0) is 12.6. The van der Waals surface area contributed by atoms with E-state index in [0.29, 0.717) is 5.69 Å². The van der Waals surface area contributed by atoms with Gasteiger partial charge in [0.2, 0.25) is 0 Å². The average molecular weight is 226 g/mol. The summed E-state index contributed by atoms with van der Waals surface area (Å²) in [6, 6.07) is 0. The largest absolute Gasteiger partial charge is 0.456 e. The molecule has 5 nitrogen and oxygen atoms in total. The maximum Gasteiger partial charge on any atom is 0.344 e. The number of carbonyl (C=O) groups is 1. The molecule has 1 aromatic heterocycles. The highest BCUT2D eigenvalue weighted by molar-refractivity contribution is 5.90. The van der Waals surface area contributed by atoms with Gasteiger partial charge in [0.1, 0.15) is 23.1 Å². The predicted molar refractivity (Wildman–Crippen MR) is 58.9 cm³/mol. The van der Waals surface area contributed by atoms with Crippen LogP contribution in [0, 0.1) is 0 Å². The molecular weight excluding hydrogens is 208 g/mol. The second-order valence-corrected chi connectivity index (χ2v) is 5.30. The third-order valence-electron chi connectivity index (χ3n) is 1.80. The van der Waals surface area contributed by atoms with Crippen LogP contribution in [0.5, 0.6) is 0 Å². The molecule has 0 saturated heterocycles. The van der Waals surface area contributed by atoms with Crippen molar-refractivity contribution in [3.8, 4) is 0 Å². The van der Waals surface area contributed by atoms with Crippen molar-refractivity contribution in [2.75, 3.05) is 0 Å². The van der Waals surface area contributed by atoms with Gasteiger partial charge in [-0.25, -0.2) is 4.79 Å². The van der Waals surface area contributed by atoms with E-state index in [9.17, 15) is 4.79 Å². The molecule has 0 saturated carbocycles. The van der Waals surface area contributed by atoms with Gasteiger partial charge < -0.3 is 15.0 Å². The molecule has 5 heteroatoms. The van der Waals surface area contributed by atoms with E-state index in [0.717, 1.165) is 0 Å². The highest BCUT2D eigenvalue weighted by Gasteiger charge is 2.29. The average Bonchev–Trinajstić information content (AvgIpc) is 2.45. The van der Waals surface area contributed by atoms with E-state index in [4.69, 9.17) is 15.0 Å². The lowest BCUT2D eigenvalue weighted by molar-refractivity contribution is 0.00663. The first-order valence-corrected chi connectivity index (χ1v) is 5.08. The van der Waals surface area contributed by atoms with E-state index in [1.54, 1.807) is 34.6 Å². The second kappa shape index (κ2) is 3.90. The molecule has 0 amide bonds. The summed E-state index contributed by atoms with van der Waals surface area (Å²) in [4.78, 5) is 11.8. The van der Waals surface area contributed by atoms with Gasteiger partial charge in [-0.15, -0.1) is 0 Å². The molecule has 0 spiro atoms. The van der Waals surface area contributed by atoms with Gasteiger partial charge in [-0.2, -0.15) is 0 Å². The standard InChI is InChI=1S/C11H18N2O3/c1-10(2,3)16-9(14)7-6-15-13-8(7)11(4,5)12/h6H,12H2,1-5H3. The number of nitrogens with two attached hydrogens (primary N) is 1. The minimum Gasteiger partial charge on any atom is -0.456 e. The molecule has 0 aliphatic rings. The van der Waals surface area contributed by atoms with Crippen LogP contribution in [-0.4, -0.2) is 16.7 Å². The lowest BCUT2D eigenvalue weighted by Crippen LogP contribution is -2.32. The summed E-state index contributed by atoms with van der Waals surface area (Å²) in [6.45, 7) is 8.89. The van der Waals surface area contributed by atoms with E-state index >= 15 is 0 Å². The highest BCUT2D eigenvalue weighted by Crippen LogP contribution is 2.22. The summed E-state index contributed by atoms with van der Waals surface area (Å²) < 4.78 is 10.0. The number of rotatable bonds is 2. The van der Waals surface area contributed by atoms with Gasteiger partial charge in [0.15, 0.2) is 0 Å². The van der Waals surface area contributed by atoms with Crippen LogP contribution < -0.4 is 5.73 Å². The Labute approximate surface area is 94.9 Å². The molecule has 90 valence electrons. The van der Waals surface area contributed by atoms with Crippen molar-refractivity contribution in [3.05, 3.63) is 17.5 Å². The molecule has 1 heterocycles. The van der Waals surface area contributed by atoms with Crippen molar-refractivity contribution in [1.29, 1.82) is 0 Å². The van der Waals surface area contributed by atoms with Gasteiger partial charge in [0, 0.05) is 0 Å². The van der Waals surface area contributed by atoms with Gasteiger partial charge >= 0.3 is 5.97 Å². The van der Waals surface area contributed by atoms with Crippen LogP contribution in [0.4, 0.5) is 0 Å². The summed E-state index contributed by atoms with van der Waals surface area (Å²) in [7, 11) is 0. The molecule has 0 fully saturated rings. The topological polar surface area (TPSA) is 78.3 Å². The molecular formula is C11H18N2O3. The summed E-state index contributed by atoms with van der Waals surface area (Å²) in [5.74, 6) is -0.470. The Hall–Kier alpha value is -1.36. The van der Waals surface area contributed by atoms with Gasteiger partial charge in [0.05, 0.1) is 5.54 Å². The van der Waals surface area contributed by atoms with Gasteiger partial charge in [0.25, 0.3) is 0 Å². The van der Waals surface area contributed by atoms with Crippen LogP contribution in [0.3, 0.4) is 0 Å². The number of hydrogen-bond acceptors (Lipinski definition) is 5. The first-order valence-electron chi connectivity index (χ1n) is 5.08. The van der Waals surface area contributed by atoms with Crippen molar-refractivity contribution in [3.63, 3.8) is 0 Å². The Morgan fingerprint density at radius 1 is 1.38 bits per heavy atom. The van der Waals surface area contributed by atoms with Crippen molar-refractivity contribution >= 4 is 5.97 Å². The molecule has 0 aliphatic carbocycles. The number of esters is 1. The summed E-state index contributed by atoms with van der Waals surface area (Å²) in [6.07, 6.45) is 1.26. The first-order chi connectivity index (χ1) is 7.11. The molecule has 0 radical (unpaired) electrons. The highest BCUT2D eigenvalue weighted by atomic mass is 16.6. The van der Waals surface area contributed by atoms with E-state index in [-0.39, 0.29) is 5.56 Å². The zero-order valence-electron chi connectivity index (χ0n) is 10.3. The van der Waals surface area contributed by atoms with E-state index in [1.165, 1.54) is 6.26 Å². The number of carbonyl (C=O) groups excluding carboxylic acids is 1. The molecule has 0 unspecified atom stereocenters. The lowest BCUT2D eigenvalue weighted by Gasteiger charge is -2.21. The minimum atomic E-state index is -0.737. The Kier molecular flexibility index (Phi) is 3.10. The fraction of sp³-hybridized carbons (Fsp3) is 0.636. The Morgan fingerprint density at radius 3 is 2.38 bits per heavy atom. The zero-order valence-corrected chi connectivity index (χ0v) is 10.3. The summed E-state index contributed by atoms with van der Waals surface area (Å²) in [5, 5.41) is 3.74. The van der Waals surface area contributed by atoms with Crippen molar-refractivity contribution in [1.82, 2.24) is 5.16 Å². The molecule has 16 heavy (non-hydrogen) atoms. The van der Waals surface area contributed by atoms with Gasteiger partial charge in [-0.1, -0.05) is 5.16 Å². The monoisotopic (exact) mass is 226 g/mol. The van der Waals surface area contributed by atoms with Crippen LogP contribution >= 0.6 is 0 Å². The molecule has 2 N–H and O–H groups in total.